The summed E-state index contributed by atoms with van der Waals surface area (Å²) in [6, 6.07) is 7.22. The fourth-order valence-electron chi connectivity index (χ4n) is 3.47. The lowest BCUT2D eigenvalue weighted by molar-refractivity contribution is 0.0975. The molecule has 0 radical (unpaired) electrons. The van der Waals surface area contributed by atoms with Gasteiger partial charge in [0, 0.05) is 18.3 Å². The predicted molar refractivity (Wildman–Crippen MR) is 80.9 cm³/mol. The van der Waals surface area contributed by atoms with E-state index in [1.807, 2.05) is 0 Å². The maximum absolute atomic E-state index is 4.52. The van der Waals surface area contributed by atoms with Crippen LogP contribution in [0.4, 0.5) is 5.69 Å². The number of hydrogen-bond acceptors (Lipinski definition) is 4. The van der Waals surface area contributed by atoms with Gasteiger partial charge in [0.1, 0.15) is 0 Å². The van der Waals surface area contributed by atoms with Crippen molar-refractivity contribution in [2.75, 3.05) is 25.0 Å². The van der Waals surface area contributed by atoms with E-state index in [-0.39, 0.29) is 0 Å². The lowest BCUT2D eigenvalue weighted by atomic mass is 9.84. The van der Waals surface area contributed by atoms with Gasteiger partial charge in [0.05, 0.1) is 15.2 Å². The fraction of sp³-hybridized carbons (Fsp3) is 0.533. The van der Waals surface area contributed by atoms with E-state index in [0.29, 0.717) is 6.04 Å². The van der Waals surface area contributed by atoms with Crippen LogP contribution in [0.25, 0.3) is 10.2 Å². The molecule has 0 aliphatic carbocycles. The minimum absolute atomic E-state index is 0.633. The molecule has 3 fully saturated rings. The number of aryl methyl sites for hydroxylation is 1. The van der Waals surface area contributed by atoms with Crippen molar-refractivity contribution < 1.29 is 0 Å². The van der Waals surface area contributed by atoms with Gasteiger partial charge < -0.3 is 10.2 Å². The van der Waals surface area contributed by atoms with Gasteiger partial charge in [0.2, 0.25) is 0 Å². The molecule has 0 saturated carbocycles. The van der Waals surface area contributed by atoms with Gasteiger partial charge in [0.15, 0.2) is 0 Å². The number of thiazole rings is 1. The largest absolute Gasteiger partial charge is 0.381 e. The van der Waals surface area contributed by atoms with Gasteiger partial charge in [-0.05, 0) is 57.0 Å². The summed E-state index contributed by atoms with van der Waals surface area (Å²) < 4.78 is 1.30. The van der Waals surface area contributed by atoms with Crippen LogP contribution < -0.4 is 5.32 Å². The highest BCUT2D eigenvalue weighted by atomic mass is 32.1. The lowest BCUT2D eigenvalue weighted by Crippen LogP contribution is -2.53. The van der Waals surface area contributed by atoms with E-state index >= 15 is 0 Å². The Hall–Kier alpha value is -1.13. The molecule has 3 aliphatic heterocycles. The van der Waals surface area contributed by atoms with E-state index in [9.17, 15) is 0 Å². The number of nitrogens with one attached hydrogen (secondary N) is 1. The lowest BCUT2D eigenvalue weighted by Gasteiger charge is -2.45. The second kappa shape index (κ2) is 4.46. The average Bonchev–Trinajstić information content (AvgIpc) is 2.79. The van der Waals surface area contributed by atoms with Crippen molar-refractivity contribution in [2.45, 2.75) is 25.8 Å². The molecule has 4 heterocycles. The van der Waals surface area contributed by atoms with E-state index < -0.39 is 0 Å². The van der Waals surface area contributed by atoms with E-state index in [4.69, 9.17) is 0 Å². The van der Waals surface area contributed by atoms with Crippen molar-refractivity contribution in [3.63, 3.8) is 0 Å². The quantitative estimate of drug-likeness (QED) is 0.911. The van der Waals surface area contributed by atoms with Crippen molar-refractivity contribution >= 4 is 27.2 Å². The van der Waals surface area contributed by atoms with Crippen LogP contribution in [0.3, 0.4) is 0 Å². The van der Waals surface area contributed by atoms with Crippen LogP contribution in [0.2, 0.25) is 0 Å². The molecular formula is C15H19N3S. The van der Waals surface area contributed by atoms with Crippen LogP contribution in [0.15, 0.2) is 18.2 Å². The molecular weight excluding hydrogens is 254 g/mol. The molecule has 3 saturated heterocycles. The molecule has 1 N–H and O–H groups in total. The van der Waals surface area contributed by atoms with Crippen molar-refractivity contribution in [2.24, 2.45) is 5.92 Å². The number of benzene rings is 1. The summed E-state index contributed by atoms with van der Waals surface area (Å²) in [6.07, 6.45) is 2.72. The molecule has 4 heteroatoms. The van der Waals surface area contributed by atoms with Gasteiger partial charge in [0.25, 0.3) is 0 Å². The number of hydrogen-bond donors (Lipinski definition) is 1. The number of anilines is 1. The number of nitrogens with zero attached hydrogens (tertiary/aromatic N) is 2. The molecule has 2 aromatic rings. The summed E-state index contributed by atoms with van der Waals surface area (Å²) in [7, 11) is 0. The van der Waals surface area contributed by atoms with Gasteiger partial charge in [-0.2, -0.15) is 0 Å². The molecule has 0 spiro atoms. The maximum Gasteiger partial charge on any atom is 0.0907 e. The Labute approximate surface area is 117 Å². The third-order valence-corrected chi connectivity index (χ3v) is 5.44. The third kappa shape index (κ3) is 2.13. The standard InChI is InChI=1S/C15H19N3S/c1-10-16-13-3-2-12(8-15(13)19-10)17-14-9-18-6-4-11(14)5-7-18/h2-3,8,11,14,17H,4-7,9H2,1H3. The molecule has 100 valence electrons. The van der Waals surface area contributed by atoms with E-state index in [2.05, 4.69) is 40.3 Å². The summed E-state index contributed by atoms with van der Waals surface area (Å²) in [4.78, 5) is 7.11. The van der Waals surface area contributed by atoms with Crippen LogP contribution in [0.5, 0.6) is 0 Å². The molecule has 1 aromatic heterocycles. The zero-order valence-corrected chi connectivity index (χ0v) is 12.0. The minimum atomic E-state index is 0.633. The Morgan fingerprint density at radius 3 is 2.89 bits per heavy atom. The first-order valence-corrected chi connectivity index (χ1v) is 7.96. The van der Waals surface area contributed by atoms with Crippen LogP contribution in [0.1, 0.15) is 17.8 Å². The maximum atomic E-state index is 4.52. The normalized spacial score (nSPS) is 29.8. The molecule has 5 rings (SSSR count). The SMILES string of the molecule is Cc1nc2ccc(NC3CN4CCC3CC4)cc2s1. The van der Waals surface area contributed by atoms with Crippen molar-refractivity contribution in [3.05, 3.63) is 23.2 Å². The molecule has 19 heavy (non-hydrogen) atoms. The van der Waals surface area contributed by atoms with E-state index in [1.165, 1.54) is 42.9 Å². The van der Waals surface area contributed by atoms with Crippen molar-refractivity contribution in [3.8, 4) is 0 Å². The zero-order chi connectivity index (χ0) is 12.8. The number of aromatic nitrogens is 1. The molecule has 1 unspecified atom stereocenters. The monoisotopic (exact) mass is 273 g/mol. The molecule has 1 aromatic carbocycles. The Morgan fingerprint density at radius 2 is 2.16 bits per heavy atom. The number of rotatable bonds is 2. The highest BCUT2D eigenvalue weighted by Crippen LogP contribution is 2.31. The average molecular weight is 273 g/mol. The highest BCUT2D eigenvalue weighted by Gasteiger charge is 2.33. The highest BCUT2D eigenvalue weighted by molar-refractivity contribution is 7.18. The first-order valence-electron chi connectivity index (χ1n) is 7.14. The van der Waals surface area contributed by atoms with Gasteiger partial charge in [-0.3, -0.25) is 0 Å². The second-order valence-corrected chi connectivity index (χ2v) is 7.04. The Bertz CT molecular complexity index is 598. The summed E-state index contributed by atoms with van der Waals surface area (Å²) in [5.74, 6) is 0.865. The van der Waals surface area contributed by atoms with Crippen LogP contribution >= 0.6 is 11.3 Å². The predicted octanol–water partition coefficient (Wildman–Crippen LogP) is 3.11. The molecule has 1 atom stereocenters. The van der Waals surface area contributed by atoms with Gasteiger partial charge in [-0.25, -0.2) is 4.98 Å². The van der Waals surface area contributed by atoms with Crippen LogP contribution in [-0.4, -0.2) is 35.6 Å². The van der Waals surface area contributed by atoms with Crippen molar-refractivity contribution in [1.82, 2.24) is 9.88 Å². The summed E-state index contributed by atoms with van der Waals surface area (Å²) in [5.41, 5.74) is 2.39. The van der Waals surface area contributed by atoms with E-state index in [0.717, 1.165) is 16.4 Å². The second-order valence-electron chi connectivity index (χ2n) is 5.80. The third-order valence-electron chi connectivity index (χ3n) is 4.50. The minimum Gasteiger partial charge on any atom is -0.381 e. The van der Waals surface area contributed by atoms with Gasteiger partial charge >= 0.3 is 0 Å². The number of piperidine rings is 3. The molecule has 3 nitrogen and oxygen atoms in total. The van der Waals surface area contributed by atoms with Gasteiger partial charge in [-0.1, -0.05) is 0 Å². The van der Waals surface area contributed by atoms with Crippen LogP contribution in [-0.2, 0) is 0 Å². The smallest absolute Gasteiger partial charge is 0.0907 e. The Morgan fingerprint density at radius 1 is 1.32 bits per heavy atom. The number of fused-ring (bicyclic) bond motifs is 4. The molecule has 3 aliphatic rings. The summed E-state index contributed by atoms with van der Waals surface area (Å²) >= 11 is 1.78. The first-order chi connectivity index (χ1) is 9.28. The summed E-state index contributed by atoms with van der Waals surface area (Å²) in [5, 5.41) is 4.90. The van der Waals surface area contributed by atoms with Gasteiger partial charge in [-0.15, -0.1) is 11.3 Å². The first kappa shape index (κ1) is 11.7. The van der Waals surface area contributed by atoms with Crippen molar-refractivity contribution in [1.29, 1.82) is 0 Å². The molecule has 0 amide bonds. The Kier molecular flexibility index (Phi) is 2.74. The van der Waals surface area contributed by atoms with Crippen LogP contribution in [0, 0.1) is 12.8 Å². The topological polar surface area (TPSA) is 28.2 Å². The van der Waals surface area contributed by atoms with E-state index in [1.54, 1.807) is 11.3 Å². The Balaban J connectivity index is 1.57. The fourth-order valence-corrected chi connectivity index (χ4v) is 4.34. The summed E-state index contributed by atoms with van der Waals surface area (Å²) in [6.45, 7) is 5.89. The molecule has 2 bridgehead atoms. The zero-order valence-electron chi connectivity index (χ0n) is 11.2.